The van der Waals surface area contributed by atoms with Gasteiger partial charge in [-0.2, -0.15) is 5.10 Å². The summed E-state index contributed by atoms with van der Waals surface area (Å²) < 4.78 is 3.31. The third-order valence-corrected chi connectivity index (χ3v) is 6.58. The quantitative estimate of drug-likeness (QED) is 0.484. The number of pyridine rings is 1. The Morgan fingerprint density at radius 2 is 1.87 bits per heavy atom. The summed E-state index contributed by atoms with van der Waals surface area (Å²) in [5, 5.41) is 7.18. The first-order valence-electron chi connectivity index (χ1n) is 10.2. The second kappa shape index (κ2) is 7.54. The number of carbonyl (C=O) groups excluding carboxylic acids is 1. The van der Waals surface area contributed by atoms with E-state index in [9.17, 15) is 9.59 Å². The Labute approximate surface area is 182 Å². The van der Waals surface area contributed by atoms with Crippen molar-refractivity contribution in [3.63, 3.8) is 0 Å². The molecular weight excluding hydrogens is 414 g/mol. The van der Waals surface area contributed by atoms with Crippen molar-refractivity contribution in [3.8, 4) is 0 Å². The number of hydrogen-bond donors (Lipinski definition) is 0. The topological polar surface area (TPSA) is 88.6 Å². The summed E-state index contributed by atoms with van der Waals surface area (Å²) >= 11 is 1.45. The van der Waals surface area contributed by atoms with Crippen LogP contribution in [0.5, 0.6) is 0 Å². The van der Waals surface area contributed by atoms with Crippen LogP contribution in [0.3, 0.4) is 0 Å². The average molecular weight is 438 g/mol. The first-order chi connectivity index (χ1) is 14.9. The van der Waals surface area contributed by atoms with Crippen LogP contribution in [0.1, 0.15) is 27.4 Å². The van der Waals surface area contributed by atoms with E-state index in [-0.39, 0.29) is 11.5 Å². The summed E-state index contributed by atoms with van der Waals surface area (Å²) in [4.78, 5) is 39.4. The van der Waals surface area contributed by atoms with Crippen LogP contribution in [0.2, 0.25) is 0 Å². The van der Waals surface area contributed by atoms with Crippen molar-refractivity contribution in [2.24, 2.45) is 7.05 Å². The molecule has 0 atom stereocenters. The molecule has 4 aromatic heterocycles. The highest BCUT2D eigenvalue weighted by molar-refractivity contribution is 7.15. The summed E-state index contributed by atoms with van der Waals surface area (Å²) in [5.41, 5.74) is 3.73. The molecule has 0 N–H and O–H groups in total. The number of nitrogens with zero attached hydrogens (tertiary/aromatic N) is 7. The second-order valence-electron chi connectivity index (χ2n) is 7.91. The molecule has 0 aliphatic carbocycles. The van der Waals surface area contributed by atoms with Crippen molar-refractivity contribution >= 4 is 33.2 Å². The zero-order valence-electron chi connectivity index (χ0n) is 17.7. The van der Waals surface area contributed by atoms with Crippen LogP contribution < -0.4 is 5.56 Å². The van der Waals surface area contributed by atoms with Gasteiger partial charge in [0.25, 0.3) is 11.5 Å². The van der Waals surface area contributed by atoms with Gasteiger partial charge in [-0.25, -0.2) is 9.97 Å². The maximum atomic E-state index is 13.2. The second-order valence-corrected chi connectivity index (χ2v) is 8.78. The van der Waals surface area contributed by atoms with E-state index in [1.165, 1.54) is 11.3 Å². The van der Waals surface area contributed by atoms with E-state index in [1.807, 2.05) is 37.2 Å². The molecule has 31 heavy (non-hydrogen) atoms. The van der Waals surface area contributed by atoms with Gasteiger partial charge in [0.2, 0.25) is 0 Å². The Bertz CT molecular complexity index is 1360. The van der Waals surface area contributed by atoms with Gasteiger partial charge < -0.3 is 4.90 Å². The van der Waals surface area contributed by atoms with Crippen LogP contribution >= 0.6 is 11.3 Å². The summed E-state index contributed by atoms with van der Waals surface area (Å²) in [6, 6.07) is 3.51. The molecule has 0 unspecified atom stereocenters. The molecule has 1 saturated heterocycles. The Morgan fingerprint density at radius 1 is 1.10 bits per heavy atom. The van der Waals surface area contributed by atoms with Crippen molar-refractivity contribution in [1.82, 2.24) is 33.9 Å². The minimum atomic E-state index is -0.0564. The third-order valence-electron chi connectivity index (χ3n) is 5.82. The van der Waals surface area contributed by atoms with Gasteiger partial charge >= 0.3 is 0 Å². The monoisotopic (exact) mass is 437 g/mol. The lowest BCUT2D eigenvalue weighted by Crippen LogP contribution is -2.48. The smallest absolute Gasteiger partial charge is 0.258 e. The highest BCUT2D eigenvalue weighted by atomic mass is 32.1. The SMILES string of the molecule is Cc1nc2c(cc1C(=O)N1CCN(Cc3cc(=O)n4ccsc4n3)CC1)c(C)nn2C. The van der Waals surface area contributed by atoms with Crippen LogP contribution in [0.15, 0.2) is 28.5 Å². The number of fused-ring (bicyclic) bond motifs is 2. The minimum Gasteiger partial charge on any atom is -0.336 e. The van der Waals surface area contributed by atoms with Crippen LogP contribution in [-0.2, 0) is 13.6 Å². The first-order valence-corrected chi connectivity index (χ1v) is 11.1. The third kappa shape index (κ3) is 3.51. The fraction of sp³-hybridized carbons (Fsp3) is 0.381. The number of aryl methyl sites for hydroxylation is 3. The zero-order chi connectivity index (χ0) is 21.7. The van der Waals surface area contributed by atoms with Crippen molar-refractivity contribution in [2.45, 2.75) is 20.4 Å². The largest absolute Gasteiger partial charge is 0.336 e. The molecule has 0 bridgehead atoms. The van der Waals surface area contributed by atoms with Crippen molar-refractivity contribution in [2.75, 3.05) is 26.2 Å². The highest BCUT2D eigenvalue weighted by Gasteiger charge is 2.25. The molecule has 5 heterocycles. The number of aromatic nitrogens is 5. The van der Waals surface area contributed by atoms with Gasteiger partial charge in [0.1, 0.15) is 0 Å². The van der Waals surface area contributed by atoms with Crippen LogP contribution in [-0.4, -0.2) is 66.0 Å². The number of hydrogen-bond acceptors (Lipinski definition) is 7. The van der Waals surface area contributed by atoms with E-state index in [2.05, 4.69) is 20.0 Å². The van der Waals surface area contributed by atoms with Crippen LogP contribution in [0.4, 0.5) is 0 Å². The van der Waals surface area contributed by atoms with E-state index < -0.39 is 0 Å². The summed E-state index contributed by atoms with van der Waals surface area (Å²) in [6.07, 6.45) is 1.74. The lowest BCUT2D eigenvalue weighted by molar-refractivity contribution is 0.0626. The van der Waals surface area contributed by atoms with Gasteiger partial charge in [0.15, 0.2) is 10.6 Å². The molecule has 4 aromatic rings. The van der Waals surface area contributed by atoms with Crippen molar-refractivity contribution < 1.29 is 4.79 Å². The number of piperazine rings is 1. The lowest BCUT2D eigenvalue weighted by atomic mass is 10.1. The maximum absolute atomic E-state index is 13.2. The summed E-state index contributed by atoms with van der Waals surface area (Å²) in [6.45, 7) is 7.13. The molecule has 0 saturated carbocycles. The van der Waals surface area contributed by atoms with E-state index >= 15 is 0 Å². The molecule has 10 heteroatoms. The van der Waals surface area contributed by atoms with Gasteiger partial charge in [-0.15, -0.1) is 11.3 Å². The fourth-order valence-corrected chi connectivity index (χ4v) is 4.86. The Morgan fingerprint density at radius 3 is 2.65 bits per heavy atom. The number of amides is 1. The predicted molar refractivity (Wildman–Crippen MR) is 119 cm³/mol. The standard InChI is InChI=1S/C21H23N7O2S/c1-13-17(11-16-14(2)24-25(3)19(16)22-13)20(30)27-6-4-26(5-7-27)12-15-10-18(29)28-8-9-31-21(28)23-15/h8-11H,4-7,12H2,1-3H3. The molecule has 0 spiro atoms. The van der Waals surface area contributed by atoms with Crippen LogP contribution in [0, 0.1) is 13.8 Å². The van der Waals surface area contributed by atoms with Gasteiger partial charge in [-0.1, -0.05) is 0 Å². The molecule has 1 aliphatic heterocycles. The number of carbonyl (C=O) groups is 1. The lowest BCUT2D eigenvalue weighted by Gasteiger charge is -2.34. The Kier molecular flexibility index (Phi) is 4.82. The van der Waals surface area contributed by atoms with Crippen LogP contribution in [0.25, 0.3) is 16.0 Å². The highest BCUT2D eigenvalue weighted by Crippen LogP contribution is 2.21. The van der Waals surface area contributed by atoms with Gasteiger partial charge in [0.05, 0.1) is 22.6 Å². The number of rotatable bonds is 3. The van der Waals surface area contributed by atoms with Gasteiger partial charge in [-0.3, -0.25) is 23.6 Å². The molecule has 0 aromatic carbocycles. The fourth-order valence-electron chi connectivity index (χ4n) is 4.13. The Balaban J connectivity index is 1.29. The molecule has 5 rings (SSSR count). The molecule has 1 amide bonds. The summed E-state index contributed by atoms with van der Waals surface area (Å²) in [7, 11) is 1.86. The number of thiazole rings is 1. The molecule has 1 aliphatic rings. The predicted octanol–water partition coefficient (Wildman–Crippen LogP) is 1.61. The zero-order valence-corrected chi connectivity index (χ0v) is 18.5. The van der Waals surface area contributed by atoms with E-state index in [1.54, 1.807) is 21.3 Å². The maximum Gasteiger partial charge on any atom is 0.258 e. The van der Waals surface area contributed by atoms with Gasteiger partial charge in [-0.05, 0) is 19.9 Å². The molecule has 0 radical (unpaired) electrons. The molecule has 9 nitrogen and oxygen atoms in total. The summed E-state index contributed by atoms with van der Waals surface area (Å²) in [5.74, 6) is 0.00572. The average Bonchev–Trinajstić information content (AvgIpc) is 3.32. The van der Waals surface area contributed by atoms with E-state index in [4.69, 9.17) is 0 Å². The van der Waals surface area contributed by atoms with Crippen molar-refractivity contribution in [1.29, 1.82) is 0 Å². The Hall–Kier alpha value is -3.11. The normalized spacial score (nSPS) is 15.3. The van der Waals surface area contributed by atoms with Gasteiger partial charge in [0, 0.05) is 62.8 Å². The van der Waals surface area contributed by atoms with E-state index in [0.717, 1.165) is 41.2 Å². The minimum absolute atomic E-state index is 0.00572. The van der Waals surface area contributed by atoms with Crippen molar-refractivity contribution in [3.05, 3.63) is 56.7 Å². The molecule has 160 valence electrons. The first kappa shape index (κ1) is 19.8. The van der Waals surface area contributed by atoms with E-state index in [0.29, 0.717) is 30.2 Å². The molecule has 1 fully saturated rings. The molecular formula is C21H23N7O2S.